The number of quaternary nitrogens is 1. The Morgan fingerprint density at radius 3 is 2.67 bits per heavy atom. The number of benzene rings is 1. The van der Waals surface area contributed by atoms with Crippen LogP contribution in [-0.4, -0.2) is 55.6 Å². The Balaban J connectivity index is 1.54. The molecule has 0 radical (unpaired) electrons. The van der Waals surface area contributed by atoms with E-state index in [1.807, 2.05) is 6.07 Å². The van der Waals surface area contributed by atoms with Crippen LogP contribution in [0.15, 0.2) is 24.3 Å². The van der Waals surface area contributed by atoms with E-state index in [0.29, 0.717) is 5.92 Å². The largest absolute Gasteiger partial charge is 0.487 e. The predicted molar refractivity (Wildman–Crippen MR) is 105 cm³/mol. The molecule has 0 saturated carbocycles. The summed E-state index contributed by atoms with van der Waals surface area (Å²) in [6.07, 6.45) is 2.06. The van der Waals surface area contributed by atoms with Crippen LogP contribution in [0.4, 0.5) is 0 Å². The van der Waals surface area contributed by atoms with Crippen molar-refractivity contribution in [1.82, 2.24) is 0 Å². The van der Waals surface area contributed by atoms with Crippen LogP contribution in [0.3, 0.4) is 0 Å². The van der Waals surface area contributed by atoms with Gasteiger partial charge in [0.2, 0.25) is 0 Å². The van der Waals surface area contributed by atoms with Crippen LogP contribution in [0.1, 0.15) is 45.3 Å². The molecular weight excluding hydrogens is 338 g/mol. The van der Waals surface area contributed by atoms with Gasteiger partial charge in [0.1, 0.15) is 36.6 Å². The number of hydrogen-bond donors (Lipinski definition) is 0. The summed E-state index contributed by atoms with van der Waals surface area (Å²) in [5.41, 5.74) is 0.551. The van der Waals surface area contributed by atoms with Crippen LogP contribution in [-0.2, 0) is 9.47 Å². The van der Waals surface area contributed by atoms with E-state index in [2.05, 4.69) is 57.9 Å². The molecule has 1 aromatic rings. The zero-order valence-electron chi connectivity index (χ0n) is 17.1. The first-order valence-corrected chi connectivity index (χ1v) is 10.2. The van der Waals surface area contributed by atoms with Gasteiger partial charge < -0.3 is 18.7 Å². The summed E-state index contributed by atoms with van der Waals surface area (Å²) in [5.74, 6) is 8.25. The number of fused-ring (bicyclic) bond motifs is 3. The molecule has 2 fully saturated rings. The summed E-state index contributed by atoms with van der Waals surface area (Å²) in [5, 5.41) is 0. The molecule has 0 unspecified atom stereocenters. The fraction of sp³-hybridized carbons (Fsp3) is 0.652. The molecule has 4 heteroatoms. The maximum atomic E-state index is 6.68. The summed E-state index contributed by atoms with van der Waals surface area (Å²) in [4.78, 5) is 0. The van der Waals surface area contributed by atoms with E-state index in [1.54, 1.807) is 0 Å². The van der Waals surface area contributed by atoms with E-state index in [4.69, 9.17) is 14.2 Å². The van der Waals surface area contributed by atoms with Gasteiger partial charge in [0.15, 0.2) is 0 Å². The third kappa shape index (κ3) is 3.74. The quantitative estimate of drug-likeness (QED) is 0.559. The van der Waals surface area contributed by atoms with Gasteiger partial charge in [0, 0.05) is 11.5 Å². The lowest BCUT2D eigenvalue weighted by Crippen LogP contribution is -2.52. The van der Waals surface area contributed by atoms with Gasteiger partial charge in [-0.05, 0) is 45.6 Å². The van der Waals surface area contributed by atoms with Gasteiger partial charge in [0.25, 0.3) is 0 Å². The number of ether oxygens (including phenoxy) is 3. The van der Waals surface area contributed by atoms with E-state index in [-0.39, 0.29) is 11.7 Å². The standard InChI is InChI=1S/C23H32NO3/c1-22(2)19-10-12-23(3,11-7-13-24(4)14-16-25-17-15-24)27-21(19)18-8-5-6-9-20(18)26-22/h5-6,8-9,19,21H,10,12-17H2,1-4H3/q+1/t19-,21+,23+/m1/s1. The first-order valence-electron chi connectivity index (χ1n) is 10.2. The highest BCUT2D eigenvalue weighted by atomic mass is 16.5. The second kappa shape index (κ2) is 6.81. The number of nitrogens with zero attached hydrogens (tertiary/aromatic N) is 1. The lowest BCUT2D eigenvalue weighted by molar-refractivity contribution is -0.910. The van der Waals surface area contributed by atoms with Crippen molar-refractivity contribution in [3.8, 4) is 17.6 Å². The van der Waals surface area contributed by atoms with Gasteiger partial charge in [0.05, 0.1) is 26.4 Å². The Kier molecular flexibility index (Phi) is 4.74. The van der Waals surface area contributed by atoms with Crippen molar-refractivity contribution in [3.63, 3.8) is 0 Å². The second-order valence-electron chi connectivity index (χ2n) is 9.30. The SMILES string of the molecule is CC1(C)Oc2ccccc2[C@@H]2O[C@@](C)(C#CC[N+]3(C)CCOCC3)CC[C@H]21. The lowest BCUT2D eigenvalue weighted by atomic mass is 9.73. The van der Waals surface area contributed by atoms with Crippen LogP contribution < -0.4 is 4.74 Å². The number of para-hydroxylation sites is 1. The van der Waals surface area contributed by atoms with Crippen molar-refractivity contribution in [1.29, 1.82) is 0 Å². The average molecular weight is 371 g/mol. The first-order chi connectivity index (χ1) is 12.8. The van der Waals surface area contributed by atoms with Crippen molar-refractivity contribution in [2.75, 3.05) is 39.9 Å². The van der Waals surface area contributed by atoms with Crippen LogP contribution >= 0.6 is 0 Å². The van der Waals surface area contributed by atoms with Crippen molar-refractivity contribution < 1.29 is 18.7 Å². The summed E-state index contributed by atoms with van der Waals surface area (Å²) in [7, 11) is 2.27. The molecule has 4 rings (SSSR count). The molecule has 3 aliphatic heterocycles. The number of hydrogen-bond acceptors (Lipinski definition) is 3. The average Bonchev–Trinajstić information content (AvgIpc) is 2.61. The smallest absolute Gasteiger partial charge is 0.140 e. The summed E-state index contributed by atoms with van der Waals surface area (Å²) >= 11 is 0. The molecule has 2 saturated heterocycles. The van der Waals surface area contributed by atoms with Crippen molar-refractivity contribution in [2.45, 2.75) is 50.9 Å². The fourth-order valence-electron chi connectivity index (χ4n) is 4.61. The third-order valence-electron chi connectivity index (χ3n) is 6.54. The third-order valence-corrected chi connectivity index (χ3v) is 6.54. The number of morpholine rings is 1. The highest BCUT2D eigenvalue weighted by Gasteiger charge is 2.50. The lowest BCUT2D eigenvalue weighted by Gasteiger charge is -2.50. The van der Waals surface area contributed by atoms with Crippen LogP contribution in [0.25, 0.3) is 0 Å². The Bertz CT molecular complexity index is 756. The molecule has 4 nitrogen and oxygen atoms in total. The molecule has 0 spiro atoms. The summed E-state index contributed by atoms with van der Waals surface area (Å²) in [6.45, 7) is 11.1. The Labute approximate surface area is 163 Å². The van der Waals surface area contributed by atoms with E-state index < -0.39 is 5.60 Å². The highest BCUT2D eigenvalue weighted by Crippen LogP contribution is 2.52. The monoisotopic (exact) mass is 370 g/mol. The normalized spacial score (nSPS) is 33.6. The van der Waals surface area contributed by atoms with E-state index in [1.165, 1.54) is 5.56 Å². The molecular formula is C23H32NO3+. The summed E-state index contributed by atoms with van der Waals surface area (Å²) in [6, 6.07) is 8.30. The molecule has 0 bridgehead atoms. The zero-order chi connectivity index (χ0) is 19.1. The van der Waals surface area contributed by atoms with Gasteiger partial charge in [-0.25, -0.2) is 0 Å². The maximum Gasteiger partial charge on any atom is 0.140 e. The number of likely N-dealkylation sites (N-methyl/N-ethyl adjacent to an activating group) is 1. The molecule has 27 heavy (non-hydrogen) atoms. The Morgan fingerprint density at radius 2 is 1.89 bits per heavy atom. The van der Waals surface area contributed by atoms with Gasteiger partial charge in [-0.3, -0.25) is 0 Å². The zero-order valence-corrected chi connectivity index (χ0v) is 17.1. The molecule has 0 amide bonds. The van der Waals surface area contributed by atoms with Crippen LogP contribution in [0.2, 0.25) is 0 Å². The fourth-order valence-corrected chi connectivity index (χ4v) is 4.61. The van der Waals surface area contributed by atoms with E-state index in [0.717, 1.165) is 55.9 Å². The Hall–Kier alpha value is -1.54. The molecule has 0 N–H and O–H groups in total. The minimum Gasteiger partial charge on any atom is -0.487 e. The molecule has 0 aromatic heterocycles. The van der Waals surface area contributed by atoms with Gasteiger partial charge in [-0.1, -0.05) is 24.1 Å². The molecule has 3 aliphatic rings. The molecule has 3 heterocycles. The number of rotatable bonds is 1. The first kappa shape index (κ1) is 18.8. The molecule has 3 atom stereocenters. The molecule has 0 aliphatic carbocycles. The topological polar surface area (TPSA) is 27.7 Å². The van der Waals surface area contributed by atoms with E-state index in [9.17, 15) is 0 Å². The molecule has 1 aromatic carbocycles. The minimum atomic E-state index is -0.396. The van der Waals surface area contributed by atoms with Gasteiger partial charge in [-0.15, -0.1) is 0 Å². The van der Waals surface area contributed by atoms with Crippen LogP contribution in [0, 0.1) is 17.8 Å². The van der Waals surface area contributed by atoms with Crippen LogP contribution in [0.5, 0.6) is 5.75 Å². The Morgan fingerprint density at radius 1 is 1.15 bits per heavy atom. The maximum absolute atomic E-state index is 6.68. The van der Waals surface area contributed by atoms with Crippen molar-refractivity contribution >= 4 is 0 Å². The molecule has 146 valence electrons. The minimum absolute atomic E-state index is 0.0474. The second-order valence-corrected chi connectivity index (χ2v) is 9.30. The predicted octanol–water partition coefficient (Wildman–Crippen LogP) is 3.56. The summed E-state index contributed by atoms with van der Waals surface area (Å²) < 4.78 is 19.4. The van der Waals surface area contributed by atoms with E-state index >= 15 is 0 Å². The highest BCUT2D eigenvalue weighted by molar-refractivity contribution is 5.39. The van der Waals surface area contributed by atoms with Gasteiger partial charge >= 0.3 is 0 Å². The van der Waals surface area contributed by atoms with Crippen molar-refractivity contribution in [2.24, 2.45) is 5.92 Å². The van der Waals surface area contributed by atoms with Gasteiger partial charge in [-0.2, -0.15) is 0 Å². The van der Waals surface area contributed by atoms with Crippen molar-refractivity contribution in [3.05, 3.63) is 29.8 Å².